The third-order valence-corrected chi connectivity index (χ3v) is 3.11. The first-order valence-electron chi connectivity index (χ1n) is 6.81. The van der Waals surface area contributed by atoms with E-state index in [1.165, 1.54) is 0 Å². The Balaban J connectivity index is 1.71. The topological polar surface area (TPSA) is 51.4 Å². The molecule has 2 aromatic rings. The van der Waals surface area contributed by atoms with Crippen LogP contribution in [0.2, 0.25) is 5.02 Å². The van der Waals surface area contributed by atoms with Gasteiger partial charge in [0.25, 0.3) is 5.82 Å². The zero-order valence-electron chi connectivity index (χ0n) is 12.3. The molecule has 23 heavy (non-hydrogen) atoms. The minimum Gasteiger partial charge on any atom is -0.493 e. The summed E-state index contributed by atoms with van der Waals surface area (Å²) >= 11 is 5.84. The maximum atomic E-state index is 12.4. The third-order valence-electron chi connectivity index (χ3n) is 2.88. The lowest BCUT2D eigenvalue weighted by Crippen LogP contribution is -2.21. The highest BCUT2D eigenvalue weighted by Crippen LogP contribution is 2.26. The highest BCUT2D eigenvalue weighted by Gasteiger charge is 2.37. The van der Waals surface area contributed by atoms with Crippen molar-refractivity contribution in [2.24, 2.45) is 0 Å². The summed E-state index contributed by atoms with van der Waals surface area (Å²) in [5.41, 5.74) is 0. The molecule has 0 radical (unpaired) electrons. The van der Waals surface area contributed by atoms with E-state index in [1.54, 1.807) is 36.2 Å². The van der Waals surface area contributed by atoms with Gasteiger partial charge in [-0.05, 0) is 31.7 Å². The highest BCUT2D eigenvalue weighted by molar-refractivity contribution is 6.30. The van der Waals surface area contributed by atoms with Crippen molar-refractivity contribution >= 4 is 11.6 Å². The molecule has 0 saturated carbocycles. The first-order valence-corrected chi connectivity index (χ1v) is 7.19. The van der Waals surface area contributed by atoms with Crippen molar-refractivity contribution in [2.45, 2.75) is 19.1 Å². The minimum absolute atomic E-state index is 0.0735. The van der Waals surface area contributed by atoms with Gasteiger partial charge in [-0.2, -0.15) is 18.2 Å². The number of hydrogen-bond donors (Lipinski definition) is 0. The highest BCUT2D eigenvalue weighted by atomic mass is 35.5. The van der Waals surface area contributed by atoms with Crippen molar-refractivity contribution in [3.8, 4) is 5.75 Å². The van der Waals surface area contributed by atoms with Gasteiger partial charge in [0.15, 0.2) is 0 Å². The van der Waals surface area contributed by atoms with E-state index in [0.29, 0.717) is 30.3 Å². The summed E-state index contributed by atoms with van der Waals surface area (Å²) in [6, 6.07) is 7.05. The van der Waals surface area contributed by atoms with Crippen molar-refractivity contribution in [1.82, 2.24) is 15.0 Å². The van der Waals surface area contributed by atoms with E-state index in [2.05, 4.69) is 14.7 Å². The summed E-state index contributed by atoms with van der Waals surface area (Å²) in [7, 11) is 1.75. The summed E-state index contributed by atoms with van der Waals surface area (Å²) in [4.78, 5) is 5.09. The van der Waals surface area contributed by atoms with Crippen LogP contribution in [0.15, 0.2) is 28.8 Å². The molecular formula is C14H15ClF3N3O2. The molecule has 9 heteroatoms. The van der Waals surface area contributed by atoms with Crippen molar-refractivity contribution in [3.05, 3.63) is 41.0 Å². The van der Waals surface area contributed by atoms with Crippen LogP contribution in [0.1, 0.15) is 18.1 Å². The number of alkyl halides is 3. The Morgan fingerprint density at radius 3 is 2.78 bits per heavy atom. The summed E-state index contributed by atoms with van der Waals surface area (Å²) in [5.74, 6) is -0.660. The largest absolute Gasteiger partial charge is 0.493 e. The van der Waals surface area contributed by atoms with Gasteiger partial charge in [0, 0.05) is 11.6 Å². The van der Waals surface area contributed by atoms with Gasteiger partial charge in [0.05, 0.1) is 13.2 Å². The number of hydrogen-bond acceptors (Lipinski definition) is 5. The number of benzene rings is 1. The van der Waals surface area contributed by atoms with Crippen LogP contribution in [0.3, 0.4) is 0 Å². The predicted octanol–water partition coefficient (Wildman–Crippen LogP) is 3.64. The van der Waals surface area contributed by atoms with Crippen LogP contribution in [-0.4, -0.2) is 35.2 Å². The Hall–Kier alpha value is -1.80. The SMILES string of the molecule is CN(CCCOc1cccc(Cl)c1)Cc1nc(C(F)(F)F)no1. The second-order valence-corrected chi connectivity index (χ2v) is 5.34. The molecule has 0 unspecified atom stereocenters. The van der Waals surface area contributed by atoms with Crippen LogP contribution in [-0.2, 0) is 12.7 Å². The molecule has 0 aliphatic rings. The summed E-state index contributed by atoms with van der Waals surface area (Å²) < 4.78 is 47.2. The summed E-state index contributed by atoms with van der Waals surface area (Å²) in [6.07, 6.45) is -3.91. The molecule has 5 nitrogen and oxygen atoms in total. The Morgan fingerprint density at radius 2 is 2.13 bits per heavy atom. The quantitative estimate of drug-likeness (QED) is 0.714. The van der Waals surface area contributed by atoms with Crippen molar-refractivity contribution in [3.63, 3.8) is 0 Å². The zero-order valence-corrected chi connectivity index (χ0v) is 13.1. The third kappa shape index (κ3) is 5.72. The van der Waals surface area contributed by atoms with E-state index < -0.39 is 12.0 Å². The number of rotatable bonds is 7. The molecule has 2 rings (SSSR count). The van der Waals surface area contributed by atoms with Crippen LogP contribution < -0.4 is 4.74 Å². The van der Waals surface area contributed by atoms with Crippen molar-refractivity contribution in [1.29, 1.82) is 0 Å². The lowest BCUT2D eigenvalue weighted by molar-refractivity contribution is -0.146. The molecular weight excluding hydrogens is 335 g/mol. The molecule has 1 heterocycles. The van der Waals surface area contributed by atoms with Crippen LogP contribution in [0.25, 0.3) is 0 Å². The van der Waals surface area contributed by atoms with Gasteiger partial charge in [-0.25, -0.2) is 0 Å². The van der Waals surface area contributed by atoms with E-state index in [-0.39, 0.29) is 12.4 Å². The van der Waals surface area contributed by atoms with Crippen molar-refractivity contribution in [2.75, 3.05) is 20.2 Å². The number of halogens is 4. The Labute approximate surface area is 136 Å². The van der Waals surface area contributed by atoms with Crippen LogP contribution in [0.4, 0.5) is 13.2 Å². The molecule has 126 valence electrons. The molecule has 0 amide bonds. The van der Waals surface area contributed by atoms with Gasteiger partial charge in [-0.1, -0.05) is 22.8 Å². The standard InChI is InChI=1S/C14H15ClF3N3O2/c1-21(9-12-19-13(20-23-12)14(16,17)18)6-3-7-22-11-5-2-4-10(15)8-11/h2,4-5,8H,3,6-7,9H2,1H3. The molecule has 0 aliphatic heterocycles. The average Bonchev–Trinajstić information content (AvgIpc) is 2.92. The number of nitrogens with zero attached hydrogens (tertiary/aromatic N) is 3. The van der Waals surface area contributed by atoms with E-state index in [4.69, 9.17) is 16.3 Å². The van der Waals surface area contributed by atoms with E-state index in [9.17, 15) is 13.2 Å². The monoisotopic (exact) mass is 349 g/mol. The Bertz CT molecular complexity index is 634. The zero-order chi connectivity index (χ0) is 16.9. The molecule has 0 spiro atoms. The molecule has 0 bridgehead atoms. The van der Waals surface area contributed by atoms with Gasteiger partial charge in [-0.15, -0.1) is 0 Å². The van der Waals surface area contributed by atoms with Gasteiger partial charge < -0.3 is 9.26 Å². The molecule has 0 N–H and O–H groups in total. The van der Waals surface area contributed by atoms with Gasteiger partial charge in [-0.3, -0.25) is 4.90 Å². The van der Waals surface area contributed by atoms with Crippen LogP contribution in [0.5, 0.6) is 5.75 Å². The van der Waals surface area contributed by atoms with Crippen LogP contribution in [0, 0.1) is 0 Å². The van der Waals surface area contributed by atoms with E-state index in [1.807, 2.05) is 0 Å². The first kappa shape index (κ1) is 17.6. The first-order chi connectivity index (χ1) is 10.8. The molecule has 0 fully saturated rings. The fourth-order valence-corrected chi connectivity index (χ4v) is 2.01. The summed E-state index contributed by atoms with van der Waals surface area (Å²) in [5, 5.41) is 3.50. The van der Waals surface area contributed by atoms with Gasteiger partial charge >= 0.3 is 6.18 Å². The smallest absolute Gasteiger partial charge is 0.455 e. The Kier molecular flexibility index (Phi) is 5.84. The summed E-state index contributed by atoms with van der Waals surface area (Å²) in [6.45, 7) is 1.20. The number of aromatic nitrogens is 2. The maximum Gasteiger partial charge on any atom is 0.455 e. The van der Waals surface area contributed by atoms with E-state index in [0.717, 1.165) is 0 Å². The lowest BCUT2D eigenvalue weighted by atomic mass is 10.3. The van der Waals surface area contributed by atoms with E-state index >= 15 is 0 Å². The molecule has 0 atom stereocenters. The average molecular weight is 350 g/mol. The van der Waals surface area contributed by atoms with Crippen molar-refractivity contribution < 1.29 is 22.4 Å². The lowest BCUT2D eigenvalue weighted by Gasteiger charge is -2.14. The van der Waals surface area contributed by atoms with Gasteiger partial charge in [0.2, 0.25) is 5.89 Å². The Morgan fingerprint density at radius 1 is 1.35 bits per heavy atom. The minimum atomic E-state index is -4.59. The fraction of sp³-hybridized carbons (Fsp3) is 0.429. The fourth-order valence-electron chi connectivity index (χ4n) is 1.83. The molecule has 0 saturated heterocycles. The maximum absolute atomic E-state index is 12.4. The predicted molar refractivity (Wildman–Crippen MR) is 77.2 cm³/mol. The van der Waals surface area contributed by atoms with Crippen LogP contribution >= 0.6 is 11.6 Å². The second-order valence-electron chi connectivity index (χ2n) is 4.91. The molecule has 1 aromatic carbocycles. The molecule has 0 aliphatic carbocycles. The number of ether oxygens (including phenoxy) is 1. The second kappa shape index (κ2) is 7.65. The normalized spacial score (nSPS) is 11.9. The van der Waals surface area contributed by atoms with Gasteiger partial charge in [0.1, 0.15) is 5.75 Å². The molecule has 1 aromatic heterocycles.